The monoisotopic (exact) mass is 316 g/mol. The third kappa shape index (κ3) is 3.03. The summed E-state index contributed by atoms with van der Waals surface area (Å²) in [7, 11) is 6.08. The summed E-state index contributed by atoms with van der Waals surface area (Å²) in [5.41, 5.74) is 1.83. The van der Waals surface area contributed by atoms with Gasteiger partial charge < -0.3 is 14.2 Å². The molecule has 2 atom stereocenters. The van der Waals surface area contributed by atoms with Crippen molar-refractivity contribution in [2.24, 2.45) is 7.05 Å². The van der Waals surface area contributed by atoms with E-state index in [1.807, 2.05) is 31.3 Å². The van der Waals surface area contributed by atoms with Crippen molar-refractivity contribution in [3.8, 4) is 0 Å². The fraction of sp³-hybridized carbons (Fsp3) is 0.529. The molecule has 1 aliphatic rings. The van der Waals surface area contributed by atoms with Gasteiger partial charge in [0.25, 0.3) is 5.91 Å². The van der Waals surface area contributed by atoms with E-state index in [-0.39, 0.29) is 11.9 Å². The van der Waals surface area contributed by atoms with E-state index >= 15 is 0 Å². The number of likely N-dealkylation sites (N-methyl/N-ethyl adjacent to an activating group) is 1. The third-order valence-corrected chi connectivity index (χ3v) is 4.73. The quantitative estimate of drug-likeness (QED) is 0.862. The van der Waals surface area contributed by atoms with Gasteiger partial charge in [-0.3, -0.25) is 9.48 Å². The molecule has 1 fully saturated rings. The van der Waals surface area contributed by atoms with Gasteiger partial charge in [-0.05, 0) is 45.5 Å². The zero-order valence-corrected chi connectivity index (χ0v) is 14.2. The Morgan fingerprint density at radius 3 is 2.83 bits per heavy atom. The smallest absolute Gasteiger partial charge is 0.257 e. The predicted octanol–water partition coefficient (Wildman–Crippen LogP) is 1.71. The molecule has 0 N–H and O–H groups in total. The third-order valence-electron chi connectivity index (χ3n) is 4.73. The fourth-order valence-electron chi connectivity index (χ4n) is 3.52. The van der Waals surface area contributed by atoms with Crippen LogP contribution < -0.4 is 0 Å². The summed E-state index contributed by atoms with van der Waals surface area (Å²) in [6.45, 7) is 2.61. The number of rotatable bonds is 4. The molecule has 23 heavy (non-hydrogen) atoms. The summed E-state index contributed by atoms with van der Waals surface area (Å²) in [5, 5.41) is 4.25. The molecule has 6 heteroatoms. The van der Waals surface area contributed by atoms with E-state index in [0.717, 1.165) is 24.9 Å². The Labute approximate surface area is 136 Å². The van der Waals surface area contributed by atoms with Gasteiger partial charge >= 0.3 is 0 Å². The average molecular weight is 316 g/mol. The van der Waals surface area contributed by atoms with E-state index < -0.39 is 0 Å². The minimum Gasteiger partial charge on any atom is -0.469 e. The van der Waals surface area contributed by atoms with Gasteiger partial charge in [0.1, 0.15) is 5.76 Å². The second-order valence-electron chi connectivity index (χ2n) is 6.50. The van der Waals surface area contributed by atoms with Crippen molar-refractivity contribution in [3.63, 3.8) is 0 Å². The van der Waals surface area contributed by atoms with E-state index in [1.165, 1.54) is 0 Å². The van der Waals surface area contributed by atoms with Gasteiger partial charge in [-0.15, -0.1) is 0 Å². The molecule has 0 aliphatic carbocycles. The Morgan fingerprint density at radius 2 is 2.26 bits per heavy atom. The van der Waals surface area contributed by atoms with Gasteiger partial charge in [0.15, 0.2) is 0 Å². The van der Waals surface area contributed by atoms with E-state index in [4.69, 9.17) is 4.42 Å². The summed E-state index contributed by atoms with van der Waals surface area (Å²) < 4.78 is 7.11. The van der Waals surface area contributed by atoms with Gasteiger partial charge in [0.05, 0.1) is 24.1 Å². The number of likely N-dealkylation sites (tertiary alicyclic amines) is 1. The van der Waals surface area contributed by atoms with Crippen molar-refractivity contribution in [1.29, 1.82) is 0 Å². The Bertz CT molecular complexity index is 688. The Balaban J connectivity index is 1.86. The van der Waals surface area contributed by atoms with E-state index in [2.05, 4.69) is 24.1 Å². The molecule has 124 valence electrons. The van der Waals surface area contributed by atoms with E-state index in [9.17, 15) is 4.79 Å². The van der Waals surface area contributed by atoms with Crippen LogP contribution in [0, 0.1) is 6.92 Å². The predicted molar refractivity (Wildman–Crippen MR) is 87.3 cm³/mol. The van der Waals surface area contributed by atoms with E-state index in [1.54, 1.807) is 17.0 Å². The molecule has 2 aromatic rings. The second-order valence-corrected chi connectivity index (χ2v) is 6.50. The number of amides is 1. The summed E-state index contributed by atoms with van der Waals surface area (Å²) in [4.78, 5) is 17.1. The molecule has 1 amide bonds. The molecule has 3 heterocycles. The normalized spacial score (nSPS) is 21.3. The molecule has 1 aliphatic heterocycles. The largest absolute Gasteiger partial charge is 0.469 e. The SMILES string of the molecule is Cc1occc1C(=O)N1CC[C@@H](N(C)C)[C@@H]1Cc1cnn(C)c1. The highest BCUT2D eigenvalue weighted by Crippen LogP contribution is 2.27. The molecule has 0 bridgehead atoms. The van der Waals surface area contributed by atoms with E-state index in [0.29, 0.717) is 17.4 Å². The van der Waals surface area contributed by atoms with Crippen molar-refractivity contribution < 1.29 is 9.21 Å². The van der Waals surface area contributed by atoms with Crippen molar-refractivity contribution in [3.05, 3.63) is 41.6 Å². The van der Waals surface area contributed by atoms with Crippen LogP contribution in [0.1, 0.15) is 28.1 Å². The highest BCUT2D eigenvalue weighted by Gasteiger charge is 2.39. The molecule has 0 radical (unpaired) electrons. The first-order valence-electron chi connectivity index (χ1n) is 7.96. The minimum absolute atomic E-state index is 0.0643. The zero-order chi connectivity index (χ0) is 16.6. The molecule has 0 unspecified atom stereocenters. The van der Waals surface area contributed by atoms with Crippen molar-refractivity contribution in [2.45, 2.75) is 31.8 Å². The molecule has 6 nitrogen and oxygen atoms in total. The molecule has 2 aromatic heterocycles. The number of hydrogen-bond acceptors (Lipinski definition) is 4. The van der Waals surface area contributed by atoms with Gasteiger partial charge in [-0.2, -0.15) is 5.10 Å². The Hall–Kier alpha value is -2.08. The fourth-order valence-corrected chi connectivity index (χ4v) is 3.52. The Morgan fingerprint density at radius 1 is 1.48 bits per heavy atom. The number of carbonyl (C=O) groups is 1. The maximum atomic E-state index is 12.9. The van der Waals surface area contributed by atoms with Crippen LogP contribution in [0.3, 0.4) is 0 Å². The number of aromatic nitrogens is 2. The topological polar surface area (TPSA) is 54.5 Å². The summed E-state index contributed by atoms with van der Waals surface area (Å²) >= 11 is 0. The lowest BCUT2D eigenvalue weighted by Gasteiger charge is -2.31. The molecule has 3 rings (SSSR count). The lowest BCUT2D eigenvalue weighted by Crippen LogP contribution is -2.45. The number of furan rings is 1. The van der Waals surface area contributed by atoms with Crippen LogP contribution in [0.2, 0.25) is 0 Å². The lowest BCUT2D eigenvalue weighted by molar-refractivity contribution is 0.0703. The minimum atomic E-state index is 0.0643. The van der Waals surface area contributed by atoms with Crippen LogP contribution in [0.15, 0.2) is 29.1 Å². The Kier molecular flexibility index (Phi) is 4.26. The number of hydrogen-bond donors (Lipinski definition) is 0. The van der Waals surface area contributed by atoms with Crippen molar-refractivity contribution in [2.75, 3.05) is 20.6 Å². The van der Waals surface area contributed by atoms with Crippen molar-refractivity contribution >= 4 is 5.91 Å². The maximum absolute atomic E-state index is 12.9. The summed E-state index contributed by atoms with van der Waals surface area (Å²) in [6, 6.07) is 2.27. The van der Waals surface area contributed by atoms with Gasteiger partial charge in [0, 0.05) is 25.8 Å². The first-order chi connectivity index (χ1) is 11.0. The second kappa shape index (κ2) is 6.20. The zero-order valence-electron chi connectivity index (χ0n) is 14.2. The molecule has 1 saturated heterocycles. The summed E-state index contributed by atoms with van der Waals surface area (Å²) in [6.07, 6.45) is 7.30. The van der Waals surface area contributed by atoms with Crippen molar-refractivity contribution in [1.82, 2.24) is 19.6 Å². The molecule has 0 aromatic carbocycles. The van der Waals surface area contributed by atoms with Crippen LogP contribution in [0.4, 0.5) is 0 Å². The van der Waals surface area contributed by atoms with Crippen LogP contribution >= 0.6 is 0 Å². The van der Waals surface area contributed by atoms with Gasteiger partial charge in [-0.1, -0.05) is 0 Å². The highest BCUT2D eigenvalue weighted by atomic mass is 16.3. The number of aryl methyl sites for hydroxylation is 2. The van der Waals surface area contributed by atoms with Crippen LogP contribution in [-0.2, 0) is 13.5 Å². The van der Waals surface area contributed by atoms with Crippen LogP contribution in [0.5, 0.6) is 0 Å². The van der Waals surface area contributed by atoms with Gasteiger partial charge in [0.2, 0.25) is 0 Å². The summed E-state index contributed by atoms with van der Waals surface area (Å²) in [5.74, 6) is 0.748. The van der Waals surface area contributed by atoms with Gasteiger partial charge in [-0.25, -0.2) is 0 Å². The average Bonchev–Trinajstić information content (AvgIpc) is 3.19. The lowest BCUT2D eigenvalue weighted by atomic mass is 10.0. The standard InChI is InChI=1S/C17H24N4O2/c1-12-14(6-8-23-12)17(22)21-7-5-15(19(2)3)16(21)9-13-10-18-20(4)11-13/h6,8,10-11,15-16H,5,7,9H2,1-4H3/t15-,16+/m1/s1. The molecule has 0 spiro atoms. The van der Waals surface area contributed by atoms with Crippen LogP contribution in [-0.4, -0.2) is 58.2 Å². The molecular formula is C17H24N4O2. The number of carbonyl (C=O) groups excluding carboxylic acids is 1. The van der Waals surface area contributed by atoms with Crippen LogP contribution in [0.25, 0.3) is 0 Å². The first kappa shape index (κ1) is 15.8. The molecule has 0 saturated carbocycles. The highest BCUT2D eigenvalue weighted by molar-refractivity contribution is 5.95. The molecular weight excluding hydrogens is 292 g/mol. The first-order valence-corrected chi connectivity index (χ1v) is 7.96. The maximum Gasteiger partial charge on any atom is 0.257 e. The number of nitrogens with zero attached hydrogens (tertiary/aromatic N) is 4.